The molecule has 0 unspecified atom stereocenters. The van der Waals surface area contributed by atoms with Crippen LogP contribution in [-0.4, -0.2) is 7.11 Å². The highest BCUT2D eigenvalue weighted by Crippen LogP contribution is 2.23. The number of rotatable bonds is 3. The Morgan fingerprint density at radius 3 is 2.88 bits per heavy atom. The SMILES string of the molecule is COc1ccccc1N/C=C1/C=CC=CC1. The maximum atomic E-state index is 5.26. The van der Waals surface area contributed by atoms with Gasteiger partial charge in [0.05, 0.1) is 12.8 Å². The van der Waals surface area contributed by atoms with Gasteiger partial charge in [-0.3, -0.25) is 0 Å². The molecule has 0 heterocycles. The van der Waals surface area contributed by atoms with E-state index in [0.29, 0.717) is 0 Å². The van der Waals surface area contributed by atoms with Crippen LogP contribution in [0, 0.1) is 0 Å². The van der Waals surface area contributed by atoms with Crippen molar-refractivity contribution >= 4 is 5.69 Å². The highest BCUT2D eigenvalue weighted by atomic mass is 16.5. The summed E-state index contributed by atoms with van der Waals surface area (Å²) in [6, 6.07) is 7.89. The molecule has 1 N–H and O–H groups in total. The van der Waals surface area contributed by atoms with Crippen molar-refractivity contribution in [3.8, 4) is 5.75 Å². The lowest BCUT2D eigenvalue weighted by Crippen LogP contribution is -1.94. The zero-order chi connectivity index (χ0) is 11.2. The molecule has 0 aliphatic heterocycles. The second kappa shape index (κ2) is 5.21. The van der Waals surface area contributed by atoms with E-state index in [1.165, 1.54) is 5.57 Å². The van der Waals surface area contributed by atoms with E-state index >= 15 is 0 Å². The molecular formula is C14H15NO. The Kier molecular flexibility index (Phi) is 3.44. The van der Waals surface area contributed by atoms with Crippen LogP contribution in [-0.2, 0) is 0 Å². The predicted molar refractivity (Wildman–Crippen MR) is 67.6 cm³/mol. The molecule has 82 valence electrons. The molecule has 1 aromatic carbocycles. The largest absolute Gasteiger partial charge is 0.495 e. The number of benzene rings is 1. The first-order chi connectivity index (χ1) is 7.90. The molecular weight excluding hydrogens is 198 g/mol. The van der Waals surface area contributed by atoms with Crippen LogP contribution in [0.2, 0.25) is 0 Å². The zero-order valence-corrected chi connectivity index (χ0v) is 9.31. The fourth-order valence-electron chi connectivity index (χ4n) is 1.57. The van der Waals surface area contributed by atoms with Crippen molar-refractivity contribution in [3.05, 3.63) is 60.3 Å². The number of hydrogen-bond acceptors (Lipinski definition) is 2. The van der Waals surface area contributed by atoms with Crippen molar-refractivity contribution < 1.29 is 4.74 Å². The van der Waals surface area contributed by atoms with Crippen molar-refractivity contribution in [2.75, 3.05) is 12.4 Å². The highest BCUT2D eigenvalue weighted by molar-refractivity contribution is 5.58. The Morgan fingerprint density at radius 1 is 1.25 bits per heavy atom. The molecule has 2 heteroatoms. The van der Waals surface area contributed by atoms with Crippen molar-refractivity contribution in [3.63, 3.8) is 0 Å². The first-order valence-electron chi connectivity index (χ1n) is 5.32. The predicted octanol–water partition coefficient (Wildman–Crippen LogP) is 3.51. The van der Waals surface area contributed by atoms with E-state index in [0.717, 1.165) is 17.9 Å². The van der Waals surface area contributed by atoms with E-state index in [4.69, 9.17) is 4.74 Å². The number of nitrogens with one attached hydrogen (secondary N) is 1. The van der Waals surface area contributed by atoms with Gasteiger partial charge in [0.2, 0.25) is 0 Å². The second-order valence-electron chi connectivity index (χ2n) is 3.56. The summed E-state index contributed by atoms with van der Waals surface area (Å²) in [5.41, 5.74) is 2.24. The standard InChI is InChI=1S/C14H15NO/c1-16-14-10-6-5-9-13(14)15-11-12-7-3-2-4-8-12/h2-7,9-11,15H,8H2,1H3/b12-11-. The van der Waals surface area contributed by atoms with Gasteiger partial charge in [0.25, 0.3) is 0 Å². The maximum absolute atomic E-state index is 5.26. The number of methoxy groups -OCH3 is 1. The Hall–Kier alpha value is -1.96. The third kappa shape index (κ3) is 2.54. The van der Waals surface area contributed by atoms with E-state index in [1.54, 1.807) is 7.11 Å². The summed E-state index contributed by atoms with van der Waals surface area (Å²) in [4.78, 5) is 0. The van der Waals surface area contributed by atoms with Gasteiger partial charge in [0.15, 0.2) is 0 Å². The van der Waals surface area contributed by atoms with Crippen LogP contribution >= 0.6 is 0 Å². The van der Waals surface area contributed by atoms with E-state index in [1.807, 2.05) is 36.5 Å². The summed E-state index contributed by atoms with van der Waals surface area (Å²) in [7, 11) is 1.68. The molecule has 2 nitrogen and oxygen atoms in total. The van der Waals surface area contributed by atoms with Crippen LogP contribution in [0.4, 0.5) is 5.69 Å². The average Bonchev–Trinajstić information content (AvgIpc) is 2.38. The van der Waals surface area contributed by atoms with Gasteiger partial charge in [-0.25, -0.2) is 0 Å². The molecule has 16 heavy (non-hydrogen) atoms. The molecule has 1 aliphatic rings. The van der Waals surface area contributed by atoms with E-state index in [-0.39, 0.29) is 0 Å². The lowest BCUT2D eigenvalue weighted by Gasteiger charge is -2.09. The van der Waals surface area contributed by atoms with Crippen molar-refractivity contribution in [1.29, 1.82) is 0 Å². The first-order valence-corrected chi connectivity index (χ1v) is 5.32. The van der Waals surface area contributed by atoms with Crippen molar-refractivity contribution in [2.24, 2.45) is 0 Å². The van der Waals surface area contributed by atoms with E-state index in [2.05, 4.69) is 23.5 Å². The molecule has 0 spiro atoms. The van der Waals surface area contributed by atoms with Crippen molar-refractivity contribution in [2.45, 2.75) is 6.42 Å². The van der Waals surface area contributed by atoms with Gasteiger partial charge in [0, 0.05) is 6.20 Å². The third-order valence-corrected chi connectivity index (χ3v) is 2.43. The summed E-state index contributed by atoms with van der Waals surface area (Å²) in [5.74, 6) is 0.856. The average molecular weight is 213 g/mol. The summed E-state index contributed by atoms with van der Waals surface area (Å²) >= 11 is 0. The third-order valence-electron chi connectivity index (χ3n) is 2.43. The fraction of sp³-hybridized carbons (Fsp3) is 0.143. The minimum Gasteiger partial charge on any atom is -0.495 e. The lowest BCUT2D eigenvalue weighted by atomic mass is 10.1. The van der Waals surface area contributed by atoms with Gasteiger partial charge < -0.3 is 10.1 Å². The molecule has 0 saturated heterocycles. The number of anilines is 1. The van der Waals surface area contributed by atoms with Gasteiger partial charge in [-0.2, -0.15) is 0 Å². The summed E-state index contributed by atoms with van der Waals surface area (Å²) in [5, 5.41) is 3.26. The lowest BCUT2D eigenvalue weighted by molar-refractivity contribution is 0.417. The smallest absolute Gasteiger partial charge is 0.142 e. The number of allylic oxidation sites excluding steroid dienone is 5. The molecule has 0 bridgehead atoms. The quantitative estimate of drug-likeness (QED) is 0.829. The number of ether oxygens (including phenoxy) is 1. The molecule has 1 aromatic rings. The van der Waals surface area contributed by atoms with E-state index in [9.17, 15) is 0 Å². The van der Waals surface area contributed by atoms with E-state index < -0.39 is 0 Å². The Balaban J connectivity index is 2.09. The Bertz CT molecular complexity index is 444. The van der Waals surface area contributed by atoms with Gasteiger partial charge in [-0.05, 0) is 24.1 Å². The molecule has 0 atom stereocenters. The van der Waals surface area contributed by atoms with Crippen LogP contribution in [0.3, 0.4) is 0 Å². The van der Waals surface area contributed by atoms with Crippen LogP contribution in [0.5, 0.6) is 5.75 Å². The van der Waals surface area contributed by atoms with Crippen LogP contribution in [0.15, 0.2) is 60.3 Å². The van der Waals surface area contributed by atoms with Gasteiger partial charge in [-0.15, -0.1) is 0 Å². The Labute approximate surface area is 95.9 Å². The second-order valence-corrected chi connectivity index (χ2v) is 3.56. The molecule has 0 amide bonds. The summed E-state index contributed by atoms with van der Waals surface area (Å²) < 4.78 is 5.26. The molecule has 2 rings (SSSR count). The topological polar surface area (TPSA) is 21.3 Å². The number of hydrogen-bond donors (Lipinski definition) is 1. The molecule has 0 fully saturated rings. The first kappa shape index (κ1) is 10.6. The van der Waals surface area contributed by atoms with Gasteiger partial charge in [-0.1, -0.05) is 36.4 Å². The van der Waals surface area contributed by atoms with Crippen LogP contribution in [0.1, 0.15) is 6.42 Å². The molecule has 0 saturated carbocycles. The molecule has 0 aromatic heterocycles. The molecule has 0 radical (unpaired) electrons. The van der Waals surface area contributed by atoms with Gasteiger partial charge in [0.1, 0.15) is 5.75 Å². The monoisotopic (exact) mass is 213 g/mol. The zero-order valence-electron chi connectivity index (χ0n) is 9.31. The van der Waals surface area contributed by atoms with Gasteiger partial charge >= 0.3 is 0 Å². The summed E-state index contributed by atoms with van der Waals surface area (Å²) in [6.45, 7) is 0. The van der Waals surface area contributed by atoms with Crippen molar-refractivity contribution in [1.82, 2.24) is 0 Å². The fourth-order valence-corrected chi connectivity index (χ4v) is 1.57. The minimum atomic E-state index is 0.856. The normalized spacial score (nSPS) is 16.4. The van der Waals surface area contributed by atoms with Crippen LogP contribution in [0.25, 0.3) is 0 Å². The Morgan fingerprint density at radius 2 is 2.12 bits per heavy atom. The maximum Gasteiger partial charge on any atom is 0.142 e. The highest BCUT2D eigenvalue weighted by Gasteiger charge is 1.99. The molecule has 1 aliphatic carbocycles. The van der Waals surface area contributed by atoms with Crippen LogP contribution < -0.4 is 10.1 Å². The number of para-hydroxylation sites is 2. The minimum absolute atomic E-state index is 0.856. The summed E-state index contributed by atoms with van der Waals surface area (Å²) in [6.07, 6.45) is 11.3.